The van der Waals surface area contributed by atoms with Crippen LogP contribution in [0.2, 0.25) is 0 Å². The SMILES string of the molecule is C=CC(=O)NOCC(=O)Nc1cc(Br)cc(C(C)(C)C)c1. The zero-order chi connectivity index (χ0) is 16.0. The van der Waals surface area contributed by atoms with Gasteiger partial charge in [-0.2, -0.15) is 0 Å². The normalized spacial score (nSPS) is 10.9. The molecule has 0 radical (unpaired) electrons. The molecule has 0 unspecified atom stereocenters. The van der Waals surface area contributed by atoms with Crippen molar-refractivity contribution in [2.24, 2.45) is 0 Å². The van der Waals surface area contributed by atoms with E-state index in [-0.39, 0.29) is 17.9 Å². The molecule has 0 atom stereocenters. The minimum absolute atomic E-state index is 0.0301. The topological polar surface area (TPSA) is 67.4 Å². The number of hydroxylamine groups is 1. The lowest BCUT2D eigenvalue weighted by atomic mass is 9.87. The molecule has 0 saturated carbocycles. The third-order valence-electron chi connectivity index (χ3n) is 2.61. The summed E-state index contributed by atoms with van der Waals surface area (Å²) in [7, 11) is 0. The molecule has 0 heterocycles. The highest BCUT2D eigenvalue weighted by Gasteiger charge is 2.15. The van der Waals surface area contributed by atoms with E-state index in [1.54, 1.807) is 6.07 Å². The van der Waals surface area contributed by atoms with Crippen molar-refractivity contribution in [3.05, 3.63) is 40.9 Å². The van der Waals surface area contributed by atoms with E-state index in [2.05, 4.69) is 54.1 Å². The van der Waals surface area contributed by atoms with Crippen LogP contribution in [-0.2, 0) is 19.8 Å². The Labute approximate surface area is 132 Å². The van der Waals surface area contributed by atoms with Crippen molar-refractivity contribution < 1.29 is 14.4 Å². The zero-order valence-corrected chi connectivity index (χ0v) is 13.9. The molecule has 0 aliphatic heterocycles. The number of benzene rings is 1. The summed E-state index contributed by atoms with van der Waals surface area (Å²) in [6.45, 7) is 9.26. The first-order valence-electron chi connectivity index (χ1n) is 6.37. The lowest BCUT2D eigenvalue weighted by Crippen LogP contribution is -2.27. The number of halogens is 1. The van der Waals surface area contributed by atoms with Crippen LogP contribution in [0.4, 0.5) is 5.69 Å². The van der Waals surface area contributed by atoms with Gasteiger partial charge in [-0.3, -0.25) is 14.4 Å². The average Bonchev–Trinajstić information content (AvgIpc) is 2.36. The Kier molecular flexibility index (Phi) is 6.11. The van der Waals surface area contributed by atoms with Gasteiger partial charge in [0.05, 0.1) is 0 Å². The molecule has 1 aromatic rings. The molecule has 0 aromatic heterocycles. The maximum atomic E-state index is 11.7. The molecule has 0 aliphatic rings. The first-order chi connectivity index (χ1) is 9.72. The van der Waals surface area contributed by atoms with Gasteiger partial charge < -0.3 is 5.32 Å². The van der Waals surface area contributed by atoms with E-state index in [0.717, 1.165) is 16.1 Å². The monoisotopic (exact) mass is 354 g/mol. The first-order valence-corrected chi connectivity index (χ1v) is 7.17. The van der Waals surface area contributed by atoms with Crippen LogP contribution in [0.3, 0.4) is 0 Å². The number of carbonyl (C=O) groups excluding carboxylic acids is 2. The van der Waals surface area contributed by atoms with Crippen LogP contribution < -0.4 is 10.8 Å². The van der Waals surface area contributed by atoms with E-state index >= 15 is 0 Å². The summed E-state index contributed by atoms with van der Waals surface area (Å²) < 4.78 is 0.881. The molecule has 0 bridgehead atoms. The summed E-state index contributed by atoms with van der Waals surface area (Å²) in [5, 5.41) is 2.72. The maximum absolute atomic E-state index is 11.7. The predicted octanol–water partition coefficient (Wildman–Crippen LogP) is 2.92. The fourth-order valence-corrected chi connectivity index (χ4v) is 2.00. The molecular weight excluding hydrogens is 336 g/mol. The van der Waals surface area contributed by atoms with Gasteiger partial charge in [0.2, 0.25) is 0 Å². The molecular formula is C15H19BrN2O3. The maximum Gasteiger partial charge on any atom is 0.266 e. The van der Waals surface area contributed by atoms with E-state index in [0.29, 0.717) is 5.69 Å². The summed E-state index contributed by atoms with van der Waals surface area (Å²) in [6.07, 6.45) is 1.06. The molecule has 5 nitrogen and oxygen atoms in total. The van der Waals surface area contributed by atoms with Crippen LogP contribution in [0.25, 0.3) is 0 Å². The Morgan fingerprint density at radius 3 is 2.57 bits per heavy atom. The van der Waals surface area contributed by atoms with Gasteiger partial charge in [0, 0.05) is 10.2 Å². The lowest BCUT2D eigenvalue weighted by molar-refractivity contribution is -0.133. The highest BCUT2D eigenvalue weighted by molar-refractivity contribution is 9.10. The van der Waals surface area contributed by atoms with Gasteiger partial charge in [-0.25, -0.2) is 5.48 Å². The van der Waals surface area contributed by atoms with E-state index in [9.17, 15) is 9.59 Å². The lowest BCUT2D eigenvalue weighted by Gasteiger charge is -2.20. The Hall–Kier alpha value is -1.66. The molecule has 0 fully saturated rings. The first kappa shape index (κ1) is 17.4. The fraction of sp³-hybridized carbons (Fsp3) is 0.333. The highest BCUT2D eigenvalue weighted by atomic mass is 79.9. The van der Waals surface area contributed by atoms with E-state index < -0.39 is 5.91 Å². The van der Waals surface area contributed by atoms with Crippen LogP contribution in [0, 0.1) is 0 Å². The van der Waals surface area contributed by atoms with Crippen molar-refractivity contribution in [2.45, 2.75) is 26.2 Å². The van der Waals surface area contributed by atoms with Gasteiger partial charge in [0.25, 0.3) is 11.8 Å². The minimum atomic E-state index is -0.500. The molecule has 1 aromatic carbocycles. The molecule has 2 amide bonds. The van der Waals surface area contributed by atoms with Crippen LogP contribution in [0.1, 0.15) is 26.3 Å². The standard InChI is InChI=1S/C15H19BrN2O3/c1-5-13(19)18-21-9-14(20)17-12-7-10(15(2,3)4)6-11(16)8-12/h5-8H,1,9H2,2-4H3,(H,17,20)(H,18,19). The van der Waals surface area contributed by atoms with Crippen molar-refractivity contribution in [2.75, 3.05) is 11.9 Å². The van der Waals surface area contributed by atoms with E-state index in [4.69, 9.17) is 4.84 Å². The fourth-order valence-electron chi connectivity index (χ4n) is 1.51. The number of rotatable bonds is 5. The summed E-state index contributed by atoms with van der Waals surface area (Å²) in [6, 6.07) is 5.72. The second kappa shape index (κ2) is 7.38. The van der Waals surface area contributed by atoms with Crippen molar-refractivity contribution in [1.82, 2.24) is 5.48 Å². The second-order valence-electron chi connectivity index (χ2n) is 5.49. The Balaban J connectivity index is 2.66. The van der Waals surface area contributed by atoms with Gasteiger partial charge in [-0.15, -0.1) is 0 Å². The van der Waals surface area contributed by atoms with Gasteiger partial charge in [-0.05, 0) is 35.3 Å². The number of nitrogens with one attached hydrogen (secondary N) is 2. The molecule has 0 aliphatic carbocycles. The van der Waals surface area contributed by atoms with Crippen LogP contribution in [-0.4, -0.2) is 18.4 Å². The largest absolute Gasteiger partial charge is 0.324 e. The molecule has 1 rings (SSSR count). The van der Waals surface area contributed by atoms with Crippen LogP contribution >= 0.6 is 15.9 Å². The predicted molar refractivity (Wildman–Crippen MR) is 85.8 cm³/mol. The molecule has 6 heteroatoms. The van der Waals surface area contributed by atoms with Gasteiger partial charge >= 0.3 is 0 Å². The van der Waals surface area contributed by atoms with Crippen LogP contribution in [0.5, 0.6) is 0 Å². The zero-order valence-electron chi connectivity index (χ0n) is 12.3. The summed E-state index contributed by atoms with van der Waals surface area (Å²) >= 11 is 3.43. The smallest absolute Gasteiger partial charge is 0.266 e. The number of amides is 2. The summed E-state index contributed by atoms with van der Waals surface area (Å²) in [5.74, 6) is -0.863. The minimum Gasteiger partial charge on any atom is -0.324 e. The average molecular weight is 355 g/mol. The highest BCUT2D eigenvalue weighted by Crippen LogP contribution is 2.28. The second-order valence-corrected chi connectivity index (χ2v) is 6.40. The summed E-state index contributed by atoms with van der Waals surface area (Å²) in [4.78, 5) is 27.3. The Morgan fingerprint density at radius 2 is 2.00 bits per heavy atom. The number of hydrogen-bond acceptors (Lipinski definition) is 3. The van der Waals surface area contributed by atoms with Gasteiger partial charge in [0.15, 0.2) is 6.61 Å². The summed E-state index contributed by atoms with van der Waals surface area (Å²) in [5.41, 5.74) is 3.79. The number of carbonyl (C=O) groups is 2. The molecule has 21 heavy (non-hydrogen) atoms. The molecule has 0 spiro atoms. The molecule has 0 saturated heterocycles. The van der Waals surface area contributed by atoms with Crippen molar-refractivity contribution >= 4 is 33.4 Å². The van der Waals surface area contributed by atoms with E-state index in [1.807, 2.05) is 12.1 Å². The van der Waals surface area contributed by atoms with Gasteiger partial charge in [-0.1, -0.05) is 43.3 Å². The quantitative estimate of drug-likeness (QED) is 0.630. The van der Waals surface area contributed by atoms with Crippen molar-refractivity contribution in [1.29, 1.82) is 0 Å². The van der Waals surface area contributed by atoms with Gasteiger partial charge in [0.1, 0.15) is 0 Å². The van der Waals surface area contributed by atoms with Crippen molar-refractivity contribution in [3.8, 4) is 0 Å². The number of hydrogen-bond donors (Lipinski definition) is 2. The Bertz CT molecular complexity index is 550. The molecule has 114 valence electrons. The Morgan fingerprint density at radius 1 is 1.33 bits per heavy atom. The molecule has 2 N–H and O–H groups in total. The van der Waals surface area contributed by atoms with Crippen LogP contribution in [0.15, 0.2) is 35.3 Å². The van der Waals surface area contributed by atoms with Crippen molar-refractivity contribution in [3.63, 3.8) is 0 Å². The third kappa shape index (κ3) is 6.10. The number of anilines is 1. The third-order valence-corrected chi connectivity index (χ3v) is 3.07. The van der Waals surface area contributed by atoms with E-state index in [1.165, 1.54) is 0 Å².